The first-order chi connectivity index (χ1) is 15.5. The van der Waals surface area contributed by atoms with Gasteiger partial charge >= 0.3 is 5.97 Å². The van der Waals surface area contributed by atoms with Crippen LogP contribution in [0, 0.1) is 0 Å². The molecule has 8 nitrogen and oxygen atoms in total. The van der Waals surface area contributed by atoms with Gasteiger partial charge in [-0.05, 0) is 61.5 Å². The second kappa shape index (κ2) is 7.70. The molecule has 1 amide bonds. The van der Waals surface area contributed by atoms with Crippen molar-refractivity contribution in [3.8, 4) is 17.2 Å². The topological polar surface area (TPSA) is 77.5 Å². The van der Waals surface area contributed by atoms with Crippen molar-refractivity contribution >= 4 is 11.9 Å². The lowest BCUT2D eigenvalue weighted by Crippen LogP contribution is -2.63. The molecule has 2 aromatic carbocycles. The molecule has 1 fully saturated rings. The third-order valence-electron chi connectivity index (χ3n) is 6.60. The molecular weight excluding hydrogens is 412 g/mol. The van der Waals surface area contributed by atoms with Crippen molar-refractivity contribution < 1.29 is 28.5 Å². The summed E-state index contributed by atoms with van der Waals surface area (Å²) >= 11 is 0. The Morgan fingerprint density at radius 1 is 1.16 bits per heavy atom. The van der Waals surface area contributed by atoms with Gasteiger partial charge in [0.05, 0.1) is 13.7 Å². The normalized spacial score (nSPS) is 23.5. The molecular formula is C24H26N2O6. The number of hydrogen-bond acceptors (Lipinski definition) is 7. The van der Waals surface area contributed by atoms with Gasteiger partial charge in [-0.2, -0.15) is 0 Å². The Balaban J connectivity index is 1.62. The van der Waals surface area contributed by atoms with Crippen LogP contribution in [-0.2, 0) is 16.1 Å². The van der Waals surface area contributed by atoms with Crippen LogP contribution in [0.1, 0.15) is 34.3 Å². The fraction of sp³-hybridized carbons (Fsp3) is 0.417. The van der Waals surface area contributed by atoms with Gasteiger partial charge in [-0.3, -0.25) is 4.79 Å². The lowest BCUT2D eigenvalue weighted by molar-refractivity contribution is -0.154. The van der Waals surface area contributed by atoms with E-state index in [0.717, 1.165) is 11.1 Å². The number of nitrogens with zero attached hydrogens (tertiary/aromatic N) is 2. The zero-order chi connectivity index (χ0) is 22.5. The van der Waals surface area contributed by atoms with Crippen LogP contribution in [0.4, 0.5) is 0 Å². The van der Waals surface area contributed by atoms with E-state index in [9.17, 15) is 9.59 Å². The van der Waals surface area contributed by atoms with Crippen molar-refractivity contribution in [2.24, 2.45) is 0 Å². The monoisotopic (exact) mass is 438 g/mol. The fourth-order valence-electron chi connectivity index (χ4n) is 5.21. The van der Waals surface area contributed by atoms with E-state index in [4.69, 9.17) is 18.9 Å². The van der Waals surface area contributed by atoms with Crippen molar-refractivity contribution in [1.29, 1.82) is 0 Å². The number of rotatable bonds is 4. The molecule has 0 spiro atoms. The van der Waals surface area contributed by atoms with E-state index in [0.29, 0.717) is 42.5 Å². The summed E-state index contributed by atoms with van der Waals surface area (Å²) in [5.74, 6) is 1.15. The summed E-state index contributed by atoms with van der Waals surface area (Å²) in [6.45, 7) is 3.91. The van der Waals surface area contributed by atoms with Gasteiger partial charge in [-0.15, -0.1) is 0 Å². The predicted octanol–water partition coefficient (Wildman–Crippen LogP) is 2.41. The summed E-state index contributed by atoms with van der Waals surface area (Å²) in [4.78, 5) is 30.9. The van der Waals surface area contributed by atoms with Crippen molar-refractivity contribution in [2.75, 3.05) is 40.6 Å². The number of fused-ring (bicyclic) bond motifs is 4. The van der Waals surface area contributed by atoms with Crippen LogP contribution in [0.3, 0.4) is 0 Å². The molecule has 3 aliphatic heterocycles. The molecule has 1 saturated heterocycles. The largest absolute Gasteiger partial charge is 0.494 e. The number of hydrogen-bond donors (Lipinski definition) is 0. The number of likely N-dealkylation sites (tertiary alicyclic amines) is 1. The average Bonchev–Trinajstić information content (AvgIpc) is 3.40. The van der Waals surface area contributed by atoms with Gasteiger partial charge in [-0.1, -0.05) is 0 Å². The molecule has 0 radical (unpaired) electrons. The van der Waals surface area contributed by atoms with Gasteiger partial charge in [0.25, 0.3) is 5.91 Å². The Labute approximate surface area is 186 Å². The molecule has 3 aliphatic rings. The number of esters is 1. The quantitative estimate of drug-likeness (QED) is 0.679. The number of likely N-dealkylation sites (N-methyl/N-ethyl adjacent to an activating group) is 1. The van der Waals surface area contributed by atoms with Crippen molar-refractivity contribution in [1.82, 2.24) is 9.80 Å². The molecule has 8 heteroatoms. The van der Waals surface area contributed by atoms with Crippen molar-refractivity contribution in [2.45, 2.75) is 24.9 Å². The average molecular weight is 438 g/mol. The van der Waals surface area contributed by atoms with E-state index < -0.39 is 11.5 Å². The van der Waals surface area contributed by atoms with Gasteiger partial charge in [0.15, 0.2) is 17.0 Å². The highest BCUT2D eigenvalue weighted by atomic mass is 16.7. The lowest BCUT2D eigenvalue weighted by Gasteiger charge is -2.46. The molecule has 0 bridgehead atoms. The van der Waals surface area contributed by atoms with E-state index >= 15 is 0 Å². The number of methoxy groups -OCH3 is 1. The first-order valence-electron chi connectivity index (χ1n) is 10.7. The minimum absolute atomic E-state index is 0.166. The van der Waals surface area contributed by atoms with Crippen LogP contribution in [0.5, 0.6) is 17.2 Å². The number of benzene rings is 2. The Bertz CT molecular complexity index is 1070. The molecule has 0 aromatic heterocycles. The van der Waals surface area contributed by atoms with E-state index in [-0.39, 0.29) is 25.2 Å². The summed E-state index contributed by atoms with van der Waals surface area (Å²) in [6.07, 6.45) is 0. The standard InChI is InChI=1S/C24H26N2O6/c1-4-30-17-7-5-15(6-8-17)22(27)26-11-16-9-20-21(32-14-31-20)10-18(16)19-12-25(2)13-24(19,26)23(28)29-3/h5-10,19H,4,11-14H2,1-3H3/t19-,24-/m1/s1. The summed E-state index contributed by atoms with van der Waals surface area (Å²) in [6, 6.07) is 10.9. The molecule has 2 atom stereocenters. The maximum Gasteiger partial charge on any atom is 0.333 e. The first kappa shape index (κ1) is 20.6. The molecule has 0 N–H and O–H groups in total. The minimum Gasteiger partial charge on any atom is -0.494 e. The van der Waals surface area contributed by atoms with Gasteiger partial charge in [-0.25, -0.2) is 4.79 Å². The SMILES string of the molecule is CCOc1ccc(C(=O)N2Cc3cc4c(cc3[C@H]3CN(C)C[C@]32C(=O)OC)OCO4)cc1. The maximum atomic E-state index is 13.8. The molecule has 168 valence electrons. The van der Waals surface area contributed by atoms with Crippen molar-refractivity contribution in [3.05, 3.63) is 53.1 Å². The molecule has 32 heavy (non-hydrogen) atoms. The molecule has 0 aliphatic carbocycles. The summed E-state index contributed by atoms with van der Waals surface area (Å²) in [5, 5.41) is 0. The highest BCUT2D eigenvalue weighted by molar-refractivity contribution is 5.99. The molecule has 2 aromatic rings. The summed E-state index contributed by atoms with van der Waals surface area (Å²) in [5.41, 5.74) is 1.32. The molecule has 0 saturated carbocycles. The Morgan fingerprint density at radius 3 is 2.56 bits per heavy atom. The zero-order valence-electron chi connectivity index (χ0n) is 18.4. The predicted molar refractivity (Wildman–Crippen MR) is 115 cm³/mol. The molecule has 3 heterocycles. The van der Waals surface area contributed by atoms with Gasteiger partial charge in [0, 0.05) is 31.1 Å². The maximum absolute atomic E-state index is 13.8. The van der Waals surface area contributed by atoms with Crippen molar-refractivity contribution in [3.63, 3.8) is 0 Å². The van der Waals surface area contributed by atoms with Gasteiger partial charge in [0.2, 0.25) is 6.79 Å². The summed E-state index contributed by atoms with van der Waals surface area (Å²) in [7, 11) is 3.33. The Morgan fingerprint density at radius 2 is 1.88 bits per heavy atom. The Hall–Kier alpha value is -3.26. The van der Waals surface area contributed by atoms with Crippen LogP contribution >= 0.6 is 0 Å². The van der Waals surface area contributed by atoms with E-state index in [1.807, 2.05) is 26.1 Å². The Kier molecular flexibility index (Phi) is 4.97. The second-order valence-corrected chi connectivity index (χ2v) is 8.42. The second-order valence-electron chi connectivity index (χ2n) is 8.42. The zero-order valence-corrected chi connectivity index (χ0v) is 18.4. The number of ether oxygens (including phenoxy) is 4. The molecule has 0 unspecified atom stereocenters. The van der Waals surface area contributed by atoms with Crippen LogP contribution in [0.25, 0.3) is 0 Å². The van der Waals surface area contributed by atoms with E-state index in [1.165, 1.54) is 7.11 Å². The smallest absolute Gasteiger partial charge is 0.333 e. The number of carbonyl (C=O) groups is 2. The van der Waals surface area contributed by atoms with Gasteiger partial charge in [0.1, 0.15) is 5.75 Å². The van der Waals surface area contributed by atoms with Crippen LogP contribution in [0.2, 0.25) is 0 Å². The van der Waals surface area contributed by atoms with Crippen LogP contribution in [-0.4, -0.2) is 67.9 Å². The minimum atomic E-state index is -1.13. The number of amides is 1. The van der Waals surface area contributed by atoms with Gasteiger partial charge < -0.3 is 28.7 Å². The van der Waals surface area contributed by atoms with Crippen LogP contribution < -0.4 is 14.2 Å². The molecule has 5 rings (SSSR count). The van der Waals surface area contributed by atoms with E-state index in [1.54, 1.807) is 29.2 Å². The summed E-state index contributed by atoms with van der Waals surface area (Å²) < 4.78 is 21.9. The van der Waals surface area contributed by atoms with E-state index in [2.05, 4.69) is 4.90 Å². The third-order valence-corrected chi connectivity index (χ3v) is 6.60. The van der Waals surface area contributed by atoms with Crippen LogP contribution in [0.15, 0.2) is 36.4 Å². The fourth-order valence-corrected chi connectivity index (χ4v) is 5.21. The third kappa shape index (κ3) is 3.01. The number of carbonyl (C=O) groups excluding carboxylic acids is 2. The first-order valence-corrected chi connectivity index (χ1v) is 10.7. The highest BCUT2D eigenvalue weighted by Gasteiger charge is 2.61. The lowest BCUT2D eigenvalue weighted by atomic mass is 9.74. The highest BCUT2D eigenvalue weighted by Crippen LogP contribution is 2.50.